The lowest BCUT2D eigenvalue weighted by atomic mass is 9.96. The molecule has 3 aromatic rings. The Morgan fingerprint density at radius 1 is 1.05 bits per heavy atom. The predicted octanol–water partition coefficient (Wildman–Crippen LogP) is 4.61. The van der Waals surface area contributed by atoms with Crippen molar-refractivity contribution in [1.82, 2.24) is 9.55 Å². The largest absolute Gasteiger partial charge is 0.326 e. The van der Waals surface area contributed by atoms with Gasteiger partial charge in [-0.2, -0.15) is 0 Å². The molecule has 0 saturated heterocycles. The quantitative estimate of drug-likeness (QED) is 0.685. The van der Waals surface area contributed by atoms with E-state index in [4.69, 9.17) is 0 Å². The van der Waals surface area contributed by atoms with E-state index in [1.54, 1.807) is 0 Å². The summed E-state index contributed by atoms with van der Waals surface area (Å²) in [4.78, 5) is 4.32. The summed E-state index contributed by atoms with van der Waals surface area (Å²) < 4.78 is 2.15. The van der Waals surface area contributed by atoms with Gasteiger partial charge in [-0.15, -0.1) is 0 Å². The zero-order chi connectivity index (χ0) is 15.5. The predicted molar refractivity (Wildman–Crippen MR) is 91.8 cm³/mol. The molecule has 0 N–H and O–H groups in total. The number of aryl methyl sites for hydroxylation is 1. The molecule has 1 aromatic heterocycles. The second-order valence-corrected chi connectivity index (χ2v) is 5.62. The highest BCUT2D eigenvalue weighted by atomic mass is 15.0. The Kier molecular flexibility index (Phi) is 3.92. The molecule has 0 atom stereocenters. The topological polar surface area (TPSA) is 17.8 Å². The molecular weight excluding hydrogens is 268 g/mol. The van der Waals surface area contributed by atoms with E-state index in [1.807, 2.05) is 18.6 Å². The van der Waals surface area contributed by atoms with Crippen LogP contribution in [-0.4, -0.2) is 9.55 Å². The van der Waals surface area contributed by atoms with Crippen molar-refractivity contribution >= 4 is 5.57 Å². The van der Waals surface area contributed by atoms with Crippen molar-refractivity contribution < 1.29 is 0 Å². The smallest absolute Gasteiger partial charge is 0.0954 e. The maximum absolute atomic E-state index is 4.32. The molecule has 2 aromatic carbocycles. The Morgan fingerprint density at radius 2 is 1.82 bits per heavy atom. The second kappa shape index (κ2) is 6.02. The fourth-order valence-electron chi connectivity index (χ4n) is 2.69. The summed E-state index contributed by atoms with van der Waals surface area (Å²) in [6.07, 6.45) is 3.77. The van der Waals surface area contributed by atoms with Gasteiger partial charge in [0.15, 0.2) is 0 Å². The van der Waals surface area contributed by atoms with Crippen LogP contribution in [-0.2, 0) is 6.54 Å². The summed E-state index contributed by atoms with van der Waals surface area (Å²) in [5.41, 5.74) is 7.10. The lowest BCUT2D eigenvalue weighted by molar-refractivity contribution is 0.787. The molecule has 0 radical (unpaired) electrons. The van der Waals surface area contributed by atoms with Gasteiger partial charge in [-0.05, 0) is 36.1 Å². The highest BCUT2D eigenvalue weighted by Crippen LogP contribution is 2.26. The van der Waals surface area contributed by atoms with Gasteiger partial charge < -0.3 is 4.57 Å². The SMILES string of the molecule is C=C(c1cccc(C)c1C)c1cncn1Cc1ccccc1. The van der Waals surface area contributed by atoms with Crippen molar-refractivity contribution in [2.75, 3.05) is 0 Å². The van der Waals surface area contributed by atoms with E-state index in [0.717, 1.165) is 17.8 Å². The van der Waals surface area contributed by atoms with E-state index in [0.29, 0.717) is 0 Å². The molecule has 2 heteroatoms. The number of imidazole rings is 1. The summed E-state index contributed by atoms with van der Waals surface area (Å²) in [6.45, 7) is 9.40. The molecule has 0 aliphatic rings. The van der Waals surface area contributed by atoms with Crippen molar-refractivity contribution in [3.63, 3.8) is 0 Å². The number of hydrogen-bond donors (Lipinski definition) is 0. The zero-order valence-electron chi connectivity index (χ0n) is 13.1. The Bertz CT molecular complexity index is 798. The maximum atomic E-state index is 4.32. The third-order valence-electron chi connectivity index (χ3n) is 4.15. The molecule has 22 heavy (non-hydrogen) atoms. The molecule has 0 spiro atoms. The van der Waals surface area contributed by atoms with E-state index >= 15 is 0 Å². The van der Waals surface area contributed by atoms with Crippen LogP contribution < -0.4 is 0 Å². The lowest BCUT2D eigenvalue weighted by Gasteiger charge is -2.14. The highest BCUT2D eigenvalue weighted by molar-refractivity contribution is 5.78. The number of benzene rings is 2. The van der Waals surface area contributed by atoms with Crippen molar-refractivity contribution in [3.8, 4) is 0 Å². The first-order valence-electron chi connectivity index (χ1n) is 7.46. The molecule has 2 nitrogen and oxygen atoms in total. The summed E-state index contributed by atoms with van der Waals surface area (Å²) >= 11 is 0. The van der Waals surface area contributed by atoms with E-state index in [-0.39, 0.29) is 0 Å². The van der Waals surface area contributed by atoms with E-state index in [1.165, 1.54) is 22.3 Å². The number of hydrogen-bond acceptors (Lipinski definition) is 1. The number of nitrogens with zero attached hydrogens (tertiary/aromatic N) is 2. The Balaban J connectivity index is 1.95. The van der Waals surface area contributed by atoms with Gasteiger partial charge in [-0.3, -0.25) is 0 Å². The summed E-state index contributed by atoms with van der Waals surface area (Å²) in [5.74, 6) is 0. The molecule has 3 rings (SSSR count). The van der Waals surface area contributed by atoms with Crippen molar-refractivity contribution in [3.05, 3.63) is 95.6 Å². The first kappa shape index (κ1) is 14.3. The van der Waals surface area contributed by atoms with Gasteiger partial charge in [0.05, 0.1) is 18.2 Å². The van der Waals surface area contributed by atoms with E-state index in [9.17, 15) is 0 Å². The van der Waals surface area contributed by atoms with Crippen LogP contribution in [0.2, 0.25) is 0 Å². The van der Waals surface area contributed by atoms with Gasteiger partial charge in [0.25, 0.3) is 0 Å². The Morgan fingerprint density at radius 3 is 2.59 bits per heavy atom. The molecule has 1 heterocycles. The molecule has 0 aliphatic heterocycles. The molecule has 0 aliphatic carbocycles. The molecular formula is C20H20N2. The van der Waals surface area contributed by atoms with Gasteiger partial charge in [-0.25, -0.2) is 4.98 Å². The van der Waals surface area contributed by atoms with Crippen molar-refractivity contribution in [2.45, 2.75) is 20.4 Å². The molecule has 0 bridgehead atoms. The monoisotopic (exact) mass is 288 g/mol. The molecule has 110 valence electrons. The number of aromatic nitrogens is 2. The van der Waals surface area contributed by atoms with Crippen LogP contribution in [0.25, 0.3) is 5.57 Å². The normalized spacial score (nSPS) is 10.6. The fraction of sp³-hybridized carbons (Fsp3) is 0.150. The highest BCUT2D eigenvalue weighted by Gasteiger charge is 2.11. The van der Waals surface area contributed by atoms with Gasteiger partial charge >= 0.3 is 0 Å². The minimum Gasteiger partial charge on any atom is -0.326 e. The zero-order valence-corrected chi connectivity index (χ0v) is 13.1. The van der Waals surface area contributed by atoms with Gasteiger partial charge in [-0.1, -0.05) is 55.1 Å². The molecule has 0 saturated carbocycles. The first-order valence-corrected chi connectivity index (χ1v) is 7.46. The van der Waals surface area contributed by atoms with Crippen LogP contribution in [0.3, 0.4) is 0 Å². The molecule has 0 unspecified atom stereocenters. The summed E-state index contributed by atoms with van der Waals surface area (Å²) in [5, 5.41) is 0. The minimum atomic E-state index is 0.806. The average Bonchev–Trinajstić information content (AvgIpc) is 2.98. The van der Waals surface area contributed by atoms with Crippen LogP contribution in [0, 0.1) is 13.8 Å². The standard InChI is InChI=1S/C20H20N2/c1-15-8-7-11-19(16(15)2)17(3)20-12-21-14-22(20)13-18-9-5-4-6-10-18/h4-12,14H,3,13H2,1-2H3. The third kappa shape index (κ3) is 2.73. The van der Waals surface area contributed by atoms with Crippen molar-refractivity contribution in [1.29, 1.82) is 0 Å². The lowest BCUT2D eigenvalue weighted by Crippen LogP contribution is -2.04. The number of rotatable bonds is 4. The van der Waals surface area contributed by atoms with Crippen LogP contribution >= 0.6 is 0 Å². The van der Waals surface area contributed by atoms with Crippen LogP contribution in [0.4, 0.5) is 0 Å². The average molecular weight is 288 g/mol. The first-order chi connectivity index (χ1) is 10.7. The van der Waals surface area contributed by atoms with Crippen LogP contribution in [0.5, 0.6) is 0 Å². The van der Waals surface area contributed by atoms with Crippen LogP contribution in [0.1, 0.15) is 27.9 Å². The molecule has 0 amide bonds. The summed E-state index contributed by atoms with van der Waals surface area (Å²) in [6, 6.07) is 16.8. The van der Waals surface area contributed by atoms with Gasteiger partial charge in [0.1, 0.15) is 0 Å². The maximum Gasteiger partial charge on any atom is 0.0954 e. The second-order valence-electron chi connectivity index (χ2n) is 5.62. The third-order valence-corrected chi connectivity index (χ3v) is 4.15. The van der Waals surface area contributed by atoms with Crippen molar-refractivity contribution in [2.24, 2.45) is 0 Å². The van der Waals surface area contributed by atoms with Crippen LogP contribution in [0.15, 0.2) is 67.6 Å². The van der Waals surface area contributed by atoms with E-state index in [2.05, 4.69) is 72.4 Å². The summed E-state index contributed by atoms with van der Waals surface area (Å²) in [7, 11) is 0. The Hall–Kier alpha value is -2.61. The van der Waals surface area contributed by atoms with Gasteiger partial charge in [0.2, 0.25) is 0 Å². The van der Waals surface area contributed by atoms with E-state index < -0.39 is 0 Å². The Labute approximate surface area is 131 Å². The molecule has 0 fully saturated rings. The minimum absolute atomic E-state index is 0.806. The fourth-order valence-corrected chi connectivity index (χ4v) is 2.69. The van der Waals surface area contributed by atoms with Gasteiger partial charge in [0, 0.05) is 12.1 Å².